The second-order valence-corrected chi connectivity index (χ2v) is 8.41. The molecular weight excluding hydrogens is 417 g/mol. The first kappa shape index (κ1) is 19.3. The summed E-state index contributed by atoms with van der Waals surface area (Å²) in [6.07, 6.45) is 0.363. The molecule has 0 unspecified atom stereocenters. The standard InChI is InChI=1S/C20H19Cl2N3O2S/c21-14-1-4-16(5-2-14)27-12-7-19(26)24-8-10-25(11-9-24)20-23-17-6-3-15(22)13-18(17)28-20/h1-6,13H,7-12H2. The molecule has 5 nitrogen and oxygen atoms in total. The van der Waals surface area contributed by atoms with Gasteiger partial charge in [-0.15, -0.1) is 0 Å². The number of carbonyl (C=O) groups is 1. The molecule has 0 N–H and O–H groups in total. The second kappa shape index (κ2) is 8.55. The van der Waals surface area contributed by atoms with Crippen LogP contribution in [0, 0.1) is 0 Å². The SMILES string of the molecule is O=C(CCOc1ccc(Cl)cc1)N1CCN(c2nc3ccc(Cl)cc3s2)CC1. The third-order valence-electron chi connectivity index (χ3n) is 4.64. The minimum Gasteiger partial charge on any atom is -0.493 e. The molecular formula is C20H19Cl2N3O2S. The average Bonchev–Trinajstić information content (AvgIpc) is 3.12. The number of amides is 1. The largest absolute Gasteiger partial charge is 0.493 e. The number of hydrogen-bond acceptors (Lipinski definition) is 5. The van der Waals surface area contributed by atoms with Gasteiger partial charge in [-0.1, -0.05) is 34.5 Å². The fourth-order valence-electron chi connectivity index (χ4n) is 3.11. The highest BCUT2D eigenvalue weighted by atomic mass is 35.5. The van der Waals surface area contributed by atoms with Crippen LogP contribution in [0.3, 0.4) is 0 Å². The van der Waals surface area contributed by atoms with E-state index in [-0.39, 0.29) is 5.91 Å². The molecule has 1 amide bonds. The van der Waals surface area contributed by atoms with Crippen LogP contribution in [0.2, 0.25) is 10.0 Å². The Bertz CT molecular complexity index is 969. The zero-order valence-corrected chi connectivity index (χ0v) is 17.4. The molecule has 4 rings (SSSR count). The van der Waals surface area contributed by atoms with Crippen LogP contribution >= 0.6 is 34.5 Å². The molecule has 146 valence electrons. The van der Waals surface area contributed by atoms with Crippen molar-refractivity contribution in [1.29, 1.82) is 0 Å². The quantitative estimate of drug-likeness (QED) is 0.581. The van der Waals surface area contributed by atoms with Crippen LogP contribution in [0.25, 0.3) is 10.2 Å². The Morgan fingerprint density at radius 2 is 1.75 bits per heavy atom. The first-order chi connectivity index (χ1) is 13.6. The highest BCUT2D eigenvalue weighted by Crippen LogP contribution is 2.31. The van der Waals surface area contributed by atoms with E-state index in [0.29, 0.717) is 31.1 Å². The maximum Gasteiger partial charge on any atom is 0.226 e. The molecule has 1 saturated heterocycles. The normalized spacial score (nSPS) is 14.5. The number of anilines is 1. The number of aromatic nitrogens is 1. The van der Waals surface area contributed by atoms with Crippen molar-refractivity contribution < 1.29 is 9.53 Å². The van der Waals surface area contributed by atoms with Crippen LogP contribution in [0.4, 0.5) is 5.13 Å². The lowest BCUT2D eigenvalue weighted by Gasteiger charge is -2.34. The van der Waals surface area contributed by atoms with Crippen LogP contribution in [0.15, 0.2) is 42.5 Å². The first-order valence-corrected chi connectivity index (χ1v) is 10.6. The van der Waals surface area contributed by atoms with Crippen LogP contribution in [-0.2, 0) is 4.79 Å². The van der Waals surface area contributed by atoms with Crippen molar-refractivity contribution in [2.75, 3.05) is 37.7 Å². The summed E-state index contributed by atoms with van der Waals surface area (Å²) >= 11 is 13.6. The third-order valence-corrected chi connectivity index (χ3v) is 6.21. The number of fused-ring (bicyclic) bond motifs is 1. The highest BCUT2D eigenvalue weighted by molar-refractivity contribution is 7.22. The van der Waals surface area contributed by atoms with Crippen molar-refractivity contribution in [3.8, 4) is 5.75 Å². The van der Waals surface area contributed by atoms with E-state index >= 15 is 0 Å². The number of nitrogens with zero attached hydrogens (tertiary/aromatic N) is 3. The molecule has 1 aliphatic heterocycles. The zero-order valence-electron chi connectivity index (χ0n) is 15.1. The molecule has 1 fully saturated rings. The minimum absolute atomic E-state index is 0.115. The predicted octanol–water partition coefficient (Wildman–Crippen LogP) is 4.72. The molecule has 0 aliphatic carbocycles. The number of ether oxygens (including phenoxy) is 1. The smallest absolute Gasteiger partial charge is 0.226 e. The summed E-state index contributed by atoms with van der Waals surface area (Å²) in [6, 6.07) is 12.9. The summed E-state index contributed by atoms with van der Waals surface area (Å²) in [5.41, 5.74) is 0.960. The van der Waals surface area contributed by atoms with Gasteiger partial charge < -0.3 is 14.5 Å². The summed E-state index contributed by atoms with van der Waals surface area (Å²) in [5, 5.41) is 2.37. The topological polar surface area (TPSA) is 45.7 Å². The van der Waals surface area contributed by atoms with Gasteiger partial charge in [-0.3, -0.25) is 4.79 Å². The number of benzene rings is 2. The van der Waals surface area contributed by atoms with Crippen LogP contribution in [0.1, 0.15) is 6.42 Å². The maximum atomic E-state index is 12.4. The van der Waals surface area contributed by atoms with Gasteiger partial charge in [-0.2, -0.15) is 0 Å². The van der Waals surface area contributed by atoms with Crippen molar-refractivity contribution in [2.24, 2.45) is 0 Å². The number of thiazole rings is 1. The molecule has 3 aromatic rings. The average molecular weight is 436 g/mol. The van der Waals surface area contributed by atoms with E-state index in [1.165, 1.54) is 0 Å². The van der Waals surface area contributed by atoms with Gasteiger partial charge in [0.25, 0.3) is 0 Å². The molecule has 0 radical (unpaired) electrons. The number of carbonyl (C=O) groups excluding carboxylic acids is 1. The van der Waals surface area contributed by atoms with Gasteiger partial charge in [-0.05, 0) is 42.5 Å². The van der Waals surface area contributed by atoms with Crippen molar-refractivity contribution in [3.63, 3.8) is 0 Å². The summed E-state index contributed by atoms with van der Waals surface area (Å²) < 4.78 is 6.70. The monoisotopic (exact) mass is 435 g/mol. The van der Waals surface area contributed by atoms with Crippen molar-refractivity contribution in [3.05, 3.63) is 52.5 Å². The van der Waals surface area contributed by atoms with Gasteiger partial charge in [-0.25, -0.2) is 4.98 Å². The van der Waals surface area contributed by atoms with Gasteiger partial charge >= 0.3 is 0 Å². The first-order valence-electron chi connectivity index (χ1n) is 9.06. The summed E-state index contributed by atoms with van der Waals surface area (Å²) in [5.74, 6) is 0.836. The van der Waals surface area contributed by atoms with E-state index in [1.807, 2.05) is 23.1 Å². The molecule has 0 spiro atoms. The Hall–Kier alpha value is -2.02. The van der Waals surface area contributed by atoms with Gasteiger partial charge in [0, 0.05) is 36.2 Å². The Balaban J connectivity index is 1.27. The molecule has 28 heavy (non-hydrogen) atoms. The lowest BCUT2D eigenvalue weighted by Crippen LogP contribution is -2.49. The molecule has 0 bridgehead atoms. The molecule has 1 aliphatic rings. The summed E-state index contributed by atoms with van der Waals surface area (Å²) in [7, 11) is 0. The highest BCUT2D eigenvalue weighted by Gasteiger charge is 2.23. The van der Waals surface area contributed by atoms with Crippen molar-refractivity contribution >= 4 is 55.8 Å². The molecule has 1 aromatic heterocycles. The molecule has 0 saturated carbocycles. The lowest BCUT2D eigenvalue weighted by atomic mass is 10.3. The Morgan fingerprint density at radius 3 is 2.50 bits per heavy atom. The Kier molecular flexibility index (Phi) is 5.90. The fourth-order valence-corrected chi connectivity index (χ4v) is 4.53. The van der Waals surface area contributed by atoms with Gasteiger partial charge in [0.05, 0.1) is 23.2 Å². The summed E-state index contributed by atoms with van der Waals surface area (Å²) in [4.78, 5) is 21.3. The fraction of sp³-hybridized carbons (Fsp3) is 0.300. The Morgan fingerprint density at radius 1 is 1.04 bits per heavy atom. The predicted molar refractivity (Wildman–Crippen MR) is 115 cm³/mol. The molecule has 8 heteroatoms. The number of hydrogen-bond donors (Lipinski definition) is 0. The van der Waals surface area contributed by atoms with E-state index in [2.05, 4.69) is 9.88 Å². The third kappa shape index (κ3) is 4.51. The maximum absolute atomic E-state index is 12.4. The minimum atomic E-state index is 0.115. The number of halogens is 2. The van der Waals surface area contributed by atoms with Gasteiger partial charge in [0.1, 0.15) is 5.75 Å². The van der Waals surface area contributed by atoms with Crippen LogP contribution in [-0.4, -0.2) is 48.6 Å². The molecule has 2 heterocycles. The van der Waals surface area contributed by atoms with Crippen LogP contribution < -0.4 is 9.64 Å². The number of rotatable bonds is 5. The van der Waals surface area contributed by atoms with E-state index in [4.69, 9.17) is 27.9 Å². The summed E-state index contributed by atoms with van der Waals surface area (Å²) in [6.45, 7) is 3.29. The zero-order chi connectivity index (χ0) is 19.5. The van der Waals surface area contributed by atoms with Crippen molar-refractivity contribution in [1.82, 2.24) is 9.88 Å². The van der Waals surface area contributed by atoms with E-state index in [1.54, 1.807) is 35.6 Å². The van der Waals surface area contributed by atoms with Crippen molar-refractivity contribution in [2.45, 2.75) is 6.42 Å². The van der Waals surface area contributed by atoms with E-state index in [0.717, 1.165) is 39.2 Å². The number of piperazine rings is 1. The second-order valence-electron chi connectivity index (χ2n) is 6.53. The van der Waals surface area contributed by atoms with Gasteiger partial charge in [0.2, 0.25) is 5.91 Å². The van der Waals surface area contributed by atoms with Gasteiger partial charge in [0.15, 0.2) is 5.13 Å². The van der Waals surface area contributed by atoms with Crippen LogP contribution in [0.5, 0.6) is 5.75 Å². The molecule has 2 aromatic carbocycles. The molecule has 0 atom stereocenters. The van der Waals surface area contributed by atoms with E-state index in [9.17, 15) is 4.79 Å². The van der Waals surface area contributed by atoms with E-state index < -0.39 is 0 Å². The lowest BCUT2D eigenvalue weighted by molar-refractivity contribution is -0.132. The Labute approximate surface area is 177 Å².